The predicted molar refractivity (Wildman–Crippen MR) is 109 cm³/mol. The van der Waals surface area contributed by atoms with E-state index in [1.54, 1.807) is 16.3 Å². The first kappa shape index (κ1) is 21.5. The largest absolute Gasteiger partial charge is 0.335 e. The third-order valence-electron chi connectivity index (χ3n) is 5.34. The Bertz CT molecular complexity index is 903. The summed E-state index contributed by atoms with van der Waals surface area (Å²) in [6.45, 7) is 3.33. The van der Waals surface area contributed by atoms with Crippen LogP contribution >= 0.6 is 11.3 Å². The highest BCUT2D eigenvalue weighted by atomic mass is 32.2. The van der Waals surface area contributed by atoms with Gasteiger partial charge in [-0.2, -0.15) is 4.31 Å². The molecule has 156 valence electrons. The van der Waals surface area contributed by atoms with E-state index in [1.807, 2.05) is 0 Å². The first-order valence-corrected chi connectivity index (χ1v) is 13.5. The van der Waals surface area contributed by atoms with Crippen LogP contribution in [0.15, 0.2) is 34.4 Å². The maximum absolute atomic E-state index is 13.2. The van der Waals surface area contributed by atoms with Gasteiger partial charge in [0.1, 0.15) is 4.21 Å². The summed E-state index contributed by atoms with van der Waals surface area (Å²) in [6, 6.07) is 2.79. The molecule has 1 amide bonds. The Morgan fingerprint density at radius 1 is 1.25 bits per heavy atom. The molecule has 2 heterocycles. The lowest BCUT2D eigenvalue weighted by atomic mass is 10.1. The lowest BCUT2D eigenvalue weighted by Gasteiger charge is -2.35. The number of hydrogen-bond acceptors (Lipinski definition) is 6. The van der Waals surface area contributed by atoms with Gasteiger partial charge in [-0.15, -0.1) is 17.9 Å². The molecule has 0 radical (unpaired) electrons. The Morgan fingerprint density at radius 3 is 2.50 bits per heavy atom. The second-order valence-corrected chi connectivity index (χ2v) is 12.7. The van der Waals surface area contributed by atoms with Crippen molar-refractivity contribution in [3.8, 4) is 0 Å². The Balaban J connectivity index is 1.84. The fourth-order valence-electron chi connectivity index (χ4n) is 4.04. The molecule has 1 unspecified atom stereocenters. The molecule has 1 aliphatic heterocycles. The average Bonchev–Trinajstić information content (AvgIpc) is 3.37. The molecule has 0 aromatic carbocycles. The Kier molecular flexibility index (Phi) is 6.63. The number of sulfone groups is 1. The minimum atomic E-state index is -3.80. The summed E-state index contributed by atoms with van der Waals surface area (Å²) in [5, 5.41) is 1.68. The molecular weight excluding hydrogens is 420 g/mol. The molecule has 1 aromatic heterocycles. The molecule has 1 atom stereocenters. The van der Waals surface area contributed by atoms with Gasteiger partial charge in [0.25, 0.3) is 10.0 Å². The van der Waals surface area contributed by atoms with E-state index >= 15 is 0 Å². The maximum atomic E-state index is 13.2. The number of sulfonamides is 1. The SMILES string of the molecule is C=CCN(CC(=O)N(C1CCCC1)C1CCS(=O)(=O)C1)S(=O)(=O)c1cccs1. The molecular formula is C18H26N2O5S3. The highest BCUT2D eigenvalue weighted by molar-refractivity contribution is 7.91. The number of carbonyl (C=O) groups is 1. The standard InChI is InChI=1S/C18H26N2O5S3/c1-2-10-19(28(24,25)18-8-5-11-26-18)13-17(21)20(15-6-3-4-7-15)16-9-12-27(22,23)14-16/h2,5,8,11,15-16H,1,3-4,6-7,9-10,12-14H2. The average molecular weight is 447 g/mol. The maximum Gasteiger partial charge on any atom is 0.253 e. The Morgan fingerprint density at radius 2 is 1.96 bits per heavy atom. The summed E-state index contributed by atoms with van der Waals surface area (Å²) in [7, 11) is -6.95. The highest BCUT2D eigenvalue weighted by Gasteiger charge is 2.40. The van der Waals surface area contributed by atoms with Gasteiger partial charge in [-0.1, -0.05) is 25.0 Å². The van der Waals surface area contributed by atoms with Crippen LogP contribution in [0.25, 0.3) is 0 Å². The molecule has 2 fully saturated rings. The Labute approximate surface area is 171 Å². The van der Waals surface area contributed by atoms with E-state index in [0.717, 1.165) is 41.3 Å². The first-order chi connectivity index (χ1) is 13.2. The smallest absolute Gasteiger partial charge is 0.253 e. The van der Waals surface area contributed by atoms with Crippen LogP contribution in [-0.4, -0.2) is 68.6 Å². The van der Waals surface area contributed by atoms with Crippen LogP contribution in [0, 0.1) is 0 Å². The lowest BCUT2D eigenvalue weighted by molar-refractivity contribution is -0.135. The third kappa shape index (κ3) is 4.67. The highest BCUT2D eigenvalue weighted by Crippen LogP contribution is 2.30. The van der Waals surface area contributed by atoms with Crippen LogP contribution in [0.4, 0.5) is 0 Å². The van der Waals surface area contributed by atoms with Crippen molar-refractivity contribution in [3.63, 3.8) is 0 Å². The van der Waals surface area contributed by atoms with Crippen LogP contribution in [0.3, 0.4) is 0 Å². The van der Waals surface area contributed by atoms with Crippen molar-refractivity contribution >= 4 is 37.1 Å². The van der Waals surface area contributed by atoms with E-state index in [1.165, 1.54) is 12.1 Å². The van der Waals surface area contributed by atoms with E-state index in [9.17, 15) is 21.6 Å². The third-order valence-corrected chi connectivity index (χ3v) is 10.3. The molecule has 1 aromatic rings. The van der Waals surface area contributed by atoms with Gasteiger partial charge in [0, 0.05) is 18.6 Å². The van der Waals surface area contributed by atoms with Gasteiger partial charge in [-0.3, -0.25) is 4.79 Å². The number of hydrogen-bond donors (Lipinski definition) is 0. The van der Waals surface area contributed by atoms with E-state index in [0.29, 0.717) is 6.42 Å². The number of amides is 1. The quantitative estimate of drug-likeness (QED) is 0.569. The van der Waals surface area contributed by atoms with Gasteiger partial charge >= 0.3 is 0 Å². The van der Waals surface area contributed by atoms with Crippen LogP contribution in [-0.2, 0) is 24.7 Å². The summed E-state index contributed by atoms with van der Waals surface area (Å²) in [5.41, 5.74) is 0. The van der Waals surface area contributed by atoms with Crippen LogP contribution in [0.2, 0.25) is 0 Å². The molecule has 7 nitrogen and oxygen atoms in total. The second-order valence-electron chi connectivity index (χ2n) is 7.31. The number of rotatable bonds is 8. The molecule has 1 saturated carbocycles. The molecule has 0 N–H and O–H groups in total. The molecule has 0 bridgehead atoms. The Hall–Kier alpha value is -1.23. The van der Waals surface area contributed by atoms with Crippen molar-refractivity contribution in [2.75, 3.05) is 24.6 Å². The second kappa shape index (κ2) is 8.64. The zero-order valence-corrected chi connectivity index (χ0v) is 18.1. The topological polar surface area (TPSA) is 91.8 Å². The molecule has 28 heavy (non-hydrogen) atoms. The fraction of sp³-hybridized carbons (Fsp3) is 0.611. The van der Waals surface area contributed by atoms with Crippen molar-refractivity contribution in [2.45, 2.75) is 48.4 Å². The molecule has 0 spiro atoms. The van der Waals surface area contributed by atoms with Gasteiger partial charge in [0.15, 0.2) is 9.84 Å². The van der Waals surface area contributed by atoms with E-state index < -0.39 is 19.9 Å². The van der Waals surface area contributed by atoms with Gasteiger partial charge in [0.2, 0.25) is 5.91 Å². The summed E-state index contributed by atoms with van der Waals surface area (Å²) in [5.74, 6) is -0.275. The number of thiophene rings is 1. The van der Waals surface area contributed by atoms with E-state index in [-0.39, 0.29) is 46.8 Å². The van der Waals surface area contributed by atoms with Gasteiger partial charge in [-0.25, -0.2) is 16.8 Å². The summed E-state index contributed by atoms with van der Waals surface area (Å²) >= 11 is 1.10. The molecule has 10 heteroatoms. The summed E-state index contributed by atoms with van der Waals surface area (Å²) < 4.78 is 51.1. The van der Waals surface area contributed by atoms with Crippen molar-refractivity contribution in [1.82, 2.24) is 9.21 Å². The molecule has 3 rings (SSSR count). The number of carbonyl (C=O) groups excluding carboxylic acids is 1. The molecule has 1 saturated heterocycles. The minimum Gasteiger partial charge on any atom is -0.335 e. The van der Waals surface area contributed by atoms with Gasteiger partial charge in [0.05, 0.1) is 18.1 Å². The van der Waals surface area contributed by atoms with Crippen molar-refractivity contribution in [2.24, 2.45) is 0 Å². The fourth-order valence-corrected chi connectivity index (χ4v) is 8.26. The van der Waals surface area contributed by atoms with Crippen molar-refractivity contribution in [3.05, 3.63) is 30.2 Å². The predicted octanol–water partition coefficient (Wildman–Crippen LogP) is 1.88. The van der Waals surface area contributed by atoms with Gasteiger partial charge in [-0.05, 0) is 30.7 Å². The normalized spacial score (nSPS) is 22.5. The zero-order chi connectivity index (χ0) is 20.4. The molecule has 2 aliphatic rings. The monoisotopic (exact) mass is 446 g/mol. The molecule has 1 aliphatic carbocycles. The summed E-state index contributed by atoms with van der Waals surface area (Å²) in [4.78, 5) is 14.9. The first-order valence-electron chi connectivity index (χ1n) is 9.41. The van der Waals surface area contributed by atoms with Crippen LogP contribution < -0.4 is 0 Å². The van der Waals surface area contributed by atoms with Gasteiger partial charge < -0.3 is 4.90 Å². The summed E-state index contributed by atoms with van der Waals surface area (Å²) in [6.07, 6.45) is 5.54. The van der Waals surface area contributed by atoms with E-state index in [4.69, 9.17) is 0 Å². The number of nitrogens with zero attached hydrogens (tertiary/aromatic N) is 2. The van der Waals surface area contributed by atoms with Crippen molar-refractivity contribution in [1.29, 1.82) is 0 Å². The van der Waals surface area contributed by atoms with Crippen LogP contribution in [0.5, 0.6) is 0 Å². The lowest BCUT2D eigenvalue weighted by Crippen LogP contribution is -2.51. The zero-order valence-electron chi connectivity index (χ0n) is 15.7. The van der Waals surface area contributed by atoms with E-state index in [2.05, 4.69) is 6.58 Å². The minimum absolute atomic E-state index is 0.0131. The van der Waals surface area contributed by atoms with Crippen LogP contribution in [0.1, 0.15) is 32.1 Å². The van der Waals surface area contributed by atoms with Crippen molar-refractivity contribution < 1.29 is 21.6 Å².